The fourth-order valence-electron chi connectivity index (χ4n) is 3.36. The number of hydrogen-bond donors (Lipinski definition) is 1. The van der Waals surface area contributed by atoms with Crippen LogP contribution in [0.2, 0.25) is 0 Å². The number of nitrogens with zero attached hydrogens (tertiary/aromatic N) is 1. The molecule has 0 heterocycles. The lowest BCUT2D eigenvalue weighted by Gasteiger charge is -2.38. The molecule has 0 amide bonds. The van der Waals surface area contributed by atoms with Crippen LogP contribution < -0.4 is 4.74 Å². The third-order valence-corrected chi connectivity index (χ3v) is 4.61. The van der Waals surface area contributed by atoms with E-state index in [1.54, 1.807) is 13.2 Å². The third kappa shape index (κ3) is 5.60. The molecule has 0 aliphatic carbocycles. The summed E-state index contributed by atoms with van der Waals surface area (Å²) in [6.45, 7) is 4.65. The van der Waals surface area contributed by atoms with E-state index >= 15 is 0 Å². The second-order valence-corrected chi connectivity index (χ2v) is 6.80. The van der Waals surface area contributed by atoms with E-state index in [0.29, 0.717) is 6.42 Å². The number of halogens is 1. The highest BCUT2D eigenvalue weighted by molar-refractivity contribution is 5.85. The van der Waals surface area contributed by atoms with Crippen LogP contribution in [0.15, 0.2) is 67.3 Å². The van der Waals surface area contributed by atoms with Gasteiger partial charge in [0.1, 0.15) is 5.75 Å². The van der Waals surface area contributed by atoms with Crippen LogP contribution in [0.25, 0.3) is 0 Å². The van der Waals surface area contributed by atoms with Crippen molar-refractivity contribution in [2.24, 2.45) is 5.92 Å². The van der Waals surface area contributed by atoms with Gasteiger partial charge in [0.25, 0.3) is 0 Å². The fourth-order valence-corrected chi connectivity index (χ4v) is 3.36. The summed E-state index contributed by atoms with van der Waals surface area (Å²) < 4.78 is 5.36. The number of aliphatic hydroxyl groups is 1. The highest BCUT2D eigenvalue weighted by Crippen LogP contribution is 2.37. The molecule has 0 bridgehead atoms. The van der Waals surface area contributed by atoms with Crippen LogP contribution in [0.1, 0.15) is 17.5 Å². The number of ether oxygens (including phenoxy) is 1. The molecule has 0 saturated carbocycles. The van der Waals surface area contributed by atoms with Crippen molar-refractivity contribution in [2.45, 2.75) is 18.4 Å². The van der Waals surface area contributed by atoms with E-state index in [0.717, 1.165) is 24.3 Å². The molecule has 0 aliphatic rings. The standard InChI is InChI=1S/C22H29NO2.ClH/c1-5-14-22(24,19-12-9-13-21(16-19)25-4)20(17-23(2)3)15-18-10-7-6-8-11-18;/h5-13,16,20,24H,1,14-15,17H2,2-4H3;1H. The Kier molecular flexibility index (Phi) is 8.86. The minimum atomic E-state index is -1.00. The van der Waals surface area contributed by atoms with E-state index in [9.17, 15) is 5.11 Å². The van der Waals surface area contributed by atoms with Crippen molar-refractivity contribution < 1.29 is 9.84 Å². The zero-order valence-electron chi connectivity index (χ0n) is 15.9. The zero-order valence-corrected chi connectivity index (χ0v) is 16.7. The number of benzene rings is 2. The molecule has 3 nitrogen and oxygen atoms in total. The Balaban J connectivity index is 0.00000338. The van der Waals surface area contributed by atoms with Crippen LogP contribution in [0.5, 0.6) is 5.75 Å². The molecule has 142 valence electrons. The SMILES string of the molecule is C=CCC(O)(c1cccc(OC)c1)C(Cc1ccccc1)CN(C)C.Cl. The first-order valence-electron chi connectivity index (χ1n) is 8.66. The fraction of sp³-hybridized carbons (Fsp3) is 0.364. The van der Waals surface area contributed by atoms with Crippen LogP contribution in [-0.4, -0.2) is 37.8 Å². The summed E-state index contributed by atoms with van der Waals surface area (Å²) in [6, 6.07) is 18.1. The molecule has 2 aromatic carbocycles. The largest absolute Gasteiger partial charge is 0.497 e. The molecule has 26 heavy (non-hydrogen) atoms. The summed E-state index contributed by atoms with van der Waals surface area (Å²) in [6.07, 6.45) is 3.08. The number of methoxy groups -OCH3 is 1. The van der Waals surface area contributed by atoms with Gasteiger partial charge < -0.3 is 14.7 Å². The molecule has 2 unspecified atom stereocenters. The Labute approximate surface area is 163 Å². The van der Waals surface area contributed by atoms with E-state index in [1.165, 1.54) is 5.56 Å². The first-order chi connectivity index (χ1) is 12.0. The summed E-state index contributed by atoms with van der Waals surface area (Å²) in [5.74, 6) is 0.776. The molecular formula is C22H30ClNO2. The summed E-state index contributed by atoms with van der Waals surface area (Å²) >= 11 is 0. The van der Waals surface area contributed by atoms with Gasteiger partial charge in [-0.25, -0.2) is 0 Å². The van der Waals surface area contributed by atoms with E-state index in [4.69, 9.17) is 4.74 Å². The van der Waals surface area contributed by atoms with Crippen molar-refractivity contribution in [1.29, 1.82) is 0 Å². The molecule has 2 aromatic rings. The normalized spacial score (nSPS) is 14.2. The summed E-state index contributed by atoms with van der Waals surface area (Å²) in [7, 11) is 5.72. The summed E-state index contributed by atoms with van der Waals surface area (Å²) in [4.78, 5) is 2.13. The molecule has 0 aromatic heterocycles. The Morgan fingerprint density at radius 3 is 2.42 bits per heavy atom. The van der Waals surface area contributed by atoms with Crippen molar-refractivity contribution in [3.8, 4) is 5.75 Å². The summed E-state index contributed by atoms with van der Waals surface area (Å²) in [5, 5.41) is 11.7. The van der Waals surface area contributed by atoms with Crippen molar-refractivity contribution in [3.63, 3.8) is 0 Å². The number of hydrogen-bond acceptors (Lipinski definition) is 3. The Bertz CT molecular complexity index is 675. The smallest absolute Gasteiger partial charge is 0.119 e. The zero-order chi connectivity index (χ0) is 18.3. The first-order valence-corrected chi connectivity index (χ1v) is 8.66. The molecule has 0 saturated heterocycles. The van der Waals surface area contributed by atoms with Crippen LogP contribution in [0.4, 0.5) is 0 Å². The number of rotatable bonds is 9. The van der Waals surface area contributed by atoms with Crippen molar-refractivity contribution in [3.05, 3.63) is 78.4 Å². The maximum Gasteiger partial charge on any atom is 0.119 e. The Morgan fingerprint density at radius 2 is 1.85 bits per heavy atom. The van der Waals surface area contributed by atoms with E-state index in [1.807, 2.05) is 56.6 Å². The van der Waals surface area contributed by atoms with Gasteiger partial charge in [-0.3, -0.25) is 0 Å². The topological polar surface area (TPSA) is 32.7 Å². The predicted octanol–water partition coefficient (Wildman–Crippen LogP) is 4.30. The predicted molar refractivity (Wildman–Crippen MR) is 111 cm³/mol. The lowest BCUT2D eigenvalue weighted by atomic mass is 9.75. The molecule has 0 aliphatic heterocycles. The molecule has 2 atom stereocenters. The van der Waals surface area contributed by atoms with Gasteiger partial charge in [-0.2, -0.15) is 0 Å². The molecule has 1 N–H and O–H groups in total. The lowest BCUT2D eigenvalue weighted by molar-refractivity contribution is -0.0307. The maximum atomic E-state index is 11.7. The Morgan fingerprint density at radius 1 is 1.15 bits per heavy atom. The molecule has 0 spiro atoms. The second-order valence-electron chi connectivity index (χ2n) is 6.80. The molecule has 2 rings (SSSR count). The first kappa shape index (κ1) is 22.2. The van der Waals surface area contributed by atoms with Gasteiger partial charge in [0.2, 0.25) is 0 Å². The summed E-state index contributed by atoms with van der Waals surface area (Å²) in [5.41, 5.74) is 1.09. The van der Waals surface area contributed by atoms with E-state index in [-0.39, 0.29) is 18.3 Å². The van der Waals surface area contributed by atoms with Gasteiger partial charge in [0.05, 0.1) is 12.7 Å². The van der Waals surface area contributed by atoms with Gasteiger partial charge in [-0.05, 0) is 50.2 Å². The highest BCUT2D eigenvalue weighted by Gasteiger charge is 2.38. The molecular weight excluding hydrogens is 346 g/mol. The highest BCUT2D eigenvalue weighted by atomic mass is 35.5. The van der Waals surface area contributed by atoms with E-state index in [2.05, 4.69) is 23.6 Å². The van der Waals surface area contributed by atoms with Gasteiger partial charge in [-0.15, -0.1) is 19.0 Å². The molecule has 0 fully saturated rings. The molecule has 0 radical (unpaired) electrons. The van der Waals surface area contributed by atoms with Gasteiger partial charge in [0.15, 0.2) is 0 Å². The maximum absolute atomic E-state index is 11.7. The minimum Gasteiger partial charge on any atom is -0.497 e. The van der Waals surface area contributed by atoms with Crippen molar-refractivity contribution >= 4 is 12.4 Å². The van der Waals surface area contributed by atoms with Gasteiger partial charge in [0, 0.05) is 12.5 Å². The van der Waals surface area contributed by atoms with Gasteiger partial charge >= 0.3 is 0 Å². The van der Waals surface area contributed by atoms with Gasteiger partial charge in [-0.1, -0.05) is 48.5 Å². The average molecular weight is 376 g/mol. The second kappa shape index (κ2) is 10.4. The van der Waals surface area contributed by atoms with Crippen LogP contribution in [-0.2, 0) is 12.0 Å². The average Bonchev–Trinajstić information content (AvgIpc) is 2.62. The third-order valence-electron chi connectivity index (χ3n) is 4.61. The van der Waals surface area contributed by atoms with E-state index < -0.39 is 5.60 Å². The monoisotopic (exact) mass is 375 g/mol. The van der Waals surface area contributed by atoms with Crippen molar-refractivity contribution in [1.82, 2.24) is 4.90 Å². The quantitative estimate of drug-likeness (QED) is 0.663. The van der Waals surface area contributed by atoms with Crippen molar-refractivity contribution in [2.75, 3.05) is 27.7 Å². The Hall–Kier alpha value is -1.81. The van der Waals surface area contributed by atoms with Crippen LogP contribution in [0.3, 0.4) is 0 Å². The van der Waals surface area contributed by atoms with Crippen LogP contribution in [0, 0.1) is 5.92 Å². The lowest BCUT2D eigenvalue weighted by Crippen LogP contribution is -2.41. The minimum absolute atomic E-state index is 0. The molecule has 4 heteroatoms. The van der Waals surface area contributed by atoms with Crippen LogP contribution >= 0.6 is 12.4 Å².